The fraction of sp³-hybridized carbons (Fsp3) is 0.286. The first-order valence-electron chi connectivity index (χ1n) is 9.19. The van der Waals surface area contributed by atoms with Crippen LogP contribution in [0.25, 0.3) is 11.4 Å². The van der Waals surface area contributed by atoms with E-state index in [1.807, 2.05) is 54.0 Å². The molecule has 0 spiro atoms. The van der Waals surface area contributed by atoms with Gasteiger partial charge in [0.25, 0.3) is 0 Å². The molecule has 0 radical (unpaired) electrons. The highest BCUT2D eigenvalue weighted by Crippen LogP contribution is 2.26. The number of aromatic nitrogens is 3. The minimum atomic E-state index is -0.0686. The average molecular weight is 415 g/mol. The largest absolute Gasteiger partial charge is 0.325 e. The van der Waals surface area contributed by atoms with Gasteiger partial charge in [0.15, 0.2) is 11.0 Å². The average Bonchev–Trinajstić information content (AvgIpc) is 3.09. The predicted octanol–water partition coefficient (Wildman–Crippen LogP) is 5.47. The molecule has 1 amide bonds. The number of hydrogen-bond acceptors (Lipinski definition) is 4. The summed E-state index contributed by atoms with van der Waals surface area (Å²) in [5, 5.41) is 12.9. The van der Waals surface area contributed by atoms with Crippen molar-refractivity contribution < 1.29 is 4.79 Å². The fourth-order valence-corrected chi connectivity index (χ4v) is 3.82. The molecule has 0 aliphatic rings. The molecule has 3 aromatic rings. The Hall–Kier alpha value is -2.31. The topological polar surface area (TPSA) is 59.8 Å². The molecule has 5 nitrogen and oxygen atoms in total. The number of nitrogens with zero attached hydrogens (tertiary/aromatic N) is 3. The molecule has 1 heterocycles. The molecule has 146 valence electrons. The second kappa shape index (κ2) is 9.26. The first kappa shape index (κ1) is 20.4. The van der Waals surface area contributed by atoms with Crippen LogP contribution in [0.4, 0.5) is 5.69 Å². The molecule has 0 unspecified atom stereocenters. The van der Waals surface area contributed by atoms with Crippen molar-refractivity contribution in [2.45, 2.75) is 38.4 Å². The third-order valence-electron chi connectivity index (χ3n) is 4.29. The maximum Gasteiger partial charge on any atom is 0.234 e. The molecule has 0 fully saturated rings. The first-order chi connectivity index (χ1) is 13.5. The van der Waals surface area contributed by atoms with Gasteiger partial charge in [-0.1, -0.05) is 61.5 Å². The monoisotopic (exact) mass is 414 g/mol. The van der Waals surface area contributed by atoms with Crippen molar-refractivity contribution in [3.05, 3.63) is 59.1 Å². The van der Waals surface area contributed by atoms with E-state index in [4.69, 9.17) is 11.6 Å². The Labute approximate surface area is 174 Å². The molecule has 1 aromatic heterocycles. The normalized spacial score (nSPS) is 11.0. The van der Waals surface area contributed by atoms with Crippen LogP contribution in [0.2, 0.25) is 5.02 Å². The van der Waals surface area contributed by atoms with Crippen LogP contribution in [0.1, 0.15) is 32.3 Å². The molecular weight excluding hydrogens is 392 g/mol. The Morgan fingerprint density at radius 3 is 2.68 bits per heavy atom. The molecule has 3 rings (SSSR count). The second-order valence-corrected chi connectivity index (χ2v) is 8.06. The lowest BCUT2D eigenvalue weighted by atomic mass is 10.0. The molecule has 0 aliphatic heterocycles. The highest BCUT2D eigenvalue weighted by Gasteiger charge is 2.15. The van der Waals surface area contributed by atoms with E-state index in [2.05, 4.69) is 35.4 Å². The summed E-state index contributed by atoms with van der Waals surface area (Å²) in [6.45, 7) is 6.99. The van der Waals surface area contributed by atoms with E-state index in [0.29, 0.717) is 22.6 Å². The van der Waals surface area contributed by atoms with Crippen molar-refractivity contribution in [1.29, 1.82) is 0 Å². The lowest BCUT2D eigenvalue weighted by molar-refractivity contribution is -0.113. The van der Waals surface area contributed by atoms with Crippen LogP contribution in [-0.4, -0.2) is 26.4 Å². The number of carbonyl (C=O) groups is 1. The first-order valence-corrected chi connectivity index (χ1v) is 10.6. The van der Waals surface area contributed by atoms with Crippen LogP contribution in [0, 0.1) is 0 Å². The Morgan fingerprint density at radius 1 is 1.18 bits per heavy atom. The smallest absolute Gasteiger partial charge is 0.234 e. The zero-order valence-electron chi connectivity index (χ0n) is 16.1. The van der Waals surface area contributed by atoms with Crippen LogP contribution < -0.4 is 5.32 Å². The van der Waals surface area contributed by atoms with Gasteiger partial charge in [0.2, 0.25) is 5.91 Å². The SMILES string of the molecule is CCn1c(SCC(=O)Nc2cccc(C(C)C)c2)nnc1-c1cccc(Cl)c1. The standard InChI is InChI=1S/C21H23ClN4OS/c1-4-26-20(16-8-5-9-17(22)11-16)24-25-21(26)28-13-19(27)23-18-10-6-7-15(12-18)14(2)3/h5-12,14H,4,13H2,1-3H3,(H,23,27). The third-order valence-corrected chi connectivity index (χ3v) is 5.49. The Bertz CT molecular complexity index is 971. The number of amides is 1. The van der Waals surface area contributed by atoms with Crippen LogP contribution in [0.3, 0.4) is 0 Å². The molecular formula is C21H23ClN4OS. The number of anilines is 1. The Morgan fingerprint density at radius 2 is 1.96 bits per heavy atom. The van der Waals surface area contributed by atoms with Gasteiger partial charge in [-0.15, -0.1) is 10.2 Å². The summed E-state index contributed by atoms with van der Waals surface area (Å²) in [5.74, 6) is 1.36. The van der Waals surface area contributed by atoms with Gasteiger partial charge in [0.1, 0.15) is 0 Å². The van der Waals surface area contributed by atoms with Crippen LogP contribution in [0.5, 0.6) is 0 Å². The summed E-state index contributed by atoms with van der Waals surface area (Å²) in [6, 6.07) is 15.5. The highest BCUT2D eigenvalue weighted by molar-refractivity contribution is 7.99. The number of carbonyl (C=O) groups excluding carboxylic acids is 1. The number of hydrogen-bond donors (Lipinski definition) is 1. The zero-order chi connectivity index (χ0) is 20.1. The van der Waals surface area contributed by atoms with Crippen molar-refractivity contribution in [1.82, 2.24) is 14.8 Å². The lowest BCUT2D eigenvalue weighted by Gasteiger charge is -2.10. The van der Waals surface area contributed by atoms with Crippen molar-refractivity contribution in [2.75, 3.05) is 11.1 Å². The Kier molecular flexibility index (Phi) is 6.75. The molecule has 7 heteroatoms. The van der Waals surface area contributed by atoms with Gasteiger partial charge < -0.3 is 9.88 Å². The summed E-state index contributed by atoms with van der Waals surface area (Å²) < 4.78 is 1.99. The molecule has 0 aliphatic carbocycles. The van der Waals surface area contributed by atoms with E-state index in [1.165, 1.54) is 17.3 Å². The summed E-state index contributed by atoms with van der Waals surface area (Å²) in [4.78, 5) is 12.4. The molecule has 0 atom stereocenters. The van der Waals surface area contributed by atoms with Gasteiger partial charge in [-0.3, -0.25) is 4.79 Å². The van der Waals surface area contributed by atoms with Gasteiger partial charge in [-0.2, -0.15) is 0 Å². The molecule has 0 saturated carbocycles. The minimum absolute atomic E-state index is 0.0686. The van der Waals surface area contributed by atoms with E-state index >= 15 is 0 Å². The van der Waals surface area contributed by atoms with Gasteiger partial charge in [-0.25, -0.2) is 0 Å². The van der Waals surface area contributed by atoms with E-state index in [0.717, 1.165) is 17.1 Å². The predicted molar refractivity (Wildman–Crippen MR) is 116 cm³/mol. The van der Waals surface area contributed by atoms with E-state index in [-0.39, 0.29) is 11.7 Å². The highest BCUT2D eigenvalue weighted by atomic mass is 35.5. The summed E-state index contributed by atoms with van der Waals surface area (Å²) >= 11 is 7.47. The van der Waals surface area contributed by atoms with Crippen LogP contribution in [-0.2, 0) is 11.3 Å². The maximum atomic E-state index is 12.4. The zero-order valence-corrected chi connectivity index (χ0v) is 17.7. The van der Waals surface area contributed by atoms with Crippen molar-refractivity contribution in [3.8, 4) is 11.4 Å². The third kappa shape index (κ3) is 4.94. The van der Waals surface area contributed by atoms with Crippen LogP contribution >= 0.6 is 23.4 Å². The molecule has 1 N–H and O–H groups in total. The summed E-state index contributed by atoms with van der Waals surface area (Å²) in [6.07, 6.45) is 0. The Balaban J connectivity index is 1.68. The molecule has 0 saturated heterocycles. The molecule has 28 heavy (non-hydrogen) atoms. The van der Waals surface area contributed by atoms with Crippen molar-refractivity contribution >= 4 is 35.0 Å². The van der Waals surface area contributed by atoms with Gasteiger partial charge >= 0.3 is 0 Å². The number of rotatable bonds is 7. The molecule has 2 aromatic carbocycles. The summed E-state index contributed by atoms with van der Waals surface area (Å²) in [7, 11) is 0. The van der Waals surface area contributed by atoms with E-state index in [9.17, 15) is 4.79 Å². The lowest BCUT2D eigenvalue weighted by Crippen LogP contribution is -2.14. The maximum absolute atomic E-state index is 12.4. The summed E-state index contributed by atoms with van der Waals surface area (Å²) in [5.41, 5.74) is 2.92. The number of halogens is 1. The van der Waals surface area contributed by atoms with Crippen molar-refractivity contribution in [2.24, 2.45) is 0 Å². The van der Waals surface area contributed by atoms with Gasteiger partial charge in [-0.05, 0) is 42.7 Å². The fourth-order valence-electron chi connectivity index (χ4n) is 2.82. The van der Waals surface area contributed by atoms with Crippen molar-refractivity contribution in [3.63, 3.8) is 0 Å². The second-order valence-electron chi connectivity index (χ2n) is 6.68. The number of thioether (sulfide) groups is 1. The van der Waals surface area contributed by atoms with Crippen LogP contribution in [0.15, 0.2) is 53.7 Å². The van der Waals surface area contributed by atoms with E-state index in [1.54, 1.807) is 0 Å². The van der Waals surface area contributed by atoms with Gasteiger partial charge in [0, 0.05) is 22.8 Å². The number of nitrogens with one attached hydrogen (secondary N) is 1. The molecule has 0 bridgehead atoms. The number of benzene rings is 2. The van der Waals surface area contributed by atoms with Gasteiger partial charge in [0.05, 0.1) is 5.75 Å². The minimum Gasteiger partial charge on any atom is -0.325 e. The quantitative estimate of drug-likeness (QED) is 0.520. The van der Waals surface area contributed by atoms with E-state index < -0.39 is 0 Å².